The fourth-order valence-corrected chi connectivity index (χ4v) is 1.54. The van der Waals surface area contributed by atoms with Crippen LogP contribution in [-0.2, 0) is 0 Å². The summed E-state index contributed by atoms with van der Waals surface area (Å²) in [6, 6.07) is 7.12. The Labute approximate surface area is 82.8 Å². The van der Waals surface area contributed by atoms with Gasteiger partial charge < -0.3 is 10.2 Å². The van der Waals surface area contributed by atoms with Gasteiger partial charge >= 0.3 is 0 Å². The summed E-state index contributed by atoms with van der Waals surface area (Å²) >= 11 is 0. The summed E-state index contributed by atoms with van der Waals surface area (Å²) in [5.41, 5.74) is 2.30. The second kappa shape index (κ2) is 3.58. The van der Waals surface area contributed by atoms with E-state index in [2.05, 4.69) is 0 Å². The van der Waals surface area contributed by atoms with E-state index >= 15 is 0 Å². The van der Waals surface area contributed by atoms with E-state index in [4.69, 9.17) is 5.11 Å². The van der Waals surface area contributed by atoms with Crippen LogP contribution in [0.3, 0.4) is 0 Å². The Balaban J connectivity index is 2.28. The second-order valence-electron chi connectivity index (χ2n) is 3.40. The average Bonchev–Trinajstić information content (AvgIpc) is 2.21. The van der Waals surface area contributed by atoms with Crippen molar-refractivity contribution in [3.63, 3.8) is 0 Å². The Bertz CT molecular complexity index is 385. The highest BCUT2D eigenvalue weighted by atomic mass is 16.3. The minimum absolute atomic E-state index is 0.281. The van der Waals surface area contributed by atoms with Gasteiger partial charge in [-0.05, 0) is 35.8 Å². The fraction of sp³-hybridized carbons (Fsp3) is 0.167. The monoisotopic (exact) mass is 188 g/mol. The Hall–Kier alpha value is -1.70. The number of hydrogen-bond donors (Lipinski definition) is 2. The summed E-state index contributed by atoms with van der Waals surface area (Å²) in [5.74, 6) is 0.719. The van der Waals surface area contributed by atoms with Crippen LogP contribution >= 0.6 is 0 Å². The lowest BCUT2D eigenvalue weighted by atomic mass is 9.97. The summed E-state index contributed by atoms with van der Waals surface area (Å²) in [4.78, 5) is 0. The number of phenolic OH excluding ortho intramolecular Hbond substituents is 1. The van der Waals surface area contributed by atoms with Crippen molar-refractivity contribution in [1.82, 2.24) is 0 Å². The van der Waals surface area contributed by atoms with Gasteiger partial charge in [0, 0.05) is 6.42 Å². The quantitative estimate of drug-likeness (QED) is 0.711. The molecule has 2 N–H and O–H groups in total. The predicted molar refractivity (Wildman–Crippen MR) is 56.0 cm³/mol. The SMILES string of the molecule is OC1=CC=C(c2ccc(O)cc2)CC1. The van der Waals surface area contributed by atoms with Crippen molar-refractivity contribution in [3.05, 3.63) is 47.7 Å². The molecule has 2 rings (SSSR count). The normalized spacial score (nSPS) is 16.0. The van der Waals surface area contributed by atoms with E-state index in [1.165, 1.54) is 5.57 Å². The molecule has 2 nitrogen and oxygen atoms in total. The lowest BCUT2D eigenvalue weighted by Gasteiger charge is -2.11. The van der Waals surface area contributed by atoms with Crippen molar-refractivity contribution in [3.8, 4) is 5.75 Å². The lowest BCUT2D eigenvalue weighted by molar-refractivity contribution is 0.388. The van der Waals surface area contributed by atoms with Gasteiger partial charge in [-0.1, -0.05) is 18.2 Å². The maximum Gasteiger partial charge on any atom is 0.115 e. The Morgan fingerprint density at radius 2 is 1.57 bits per heavy atom. The zero-order chi connectivity index (χ0) is 9.97. The minimum atomic E-state index is 0.281. The van der Waals surface area contributed by atoms with Crippen LogP contribution in [0, 0.1) is 0 Å². The van der Waals surface area contributed by atoms with Crippen molar-refractivity contribution in [2.24, 2.45) is 0 Å². The van der Waals surface area contributed by atoms with Crippen LogP contribution < -0.4 is 0 Å². The molecule has 1 aliphatic carbocycles. The van der Waals surface area contributed by atoms with E-state index in [0.29, 0.717) is 12.2 Å². The first kappa shape index (κ1) is 8.88. The summed E-state index contributed by atoms with van der Waals surface area (Å²) in [6.45, 7) is 0. The van der Waals surface area contributed by atoms with E-state index in [0.717, 1.165) is 12.0 Å². The second-order valence-corrected chi connectivity index (χ2v) is 3.40. The van der Waals surface area contributed by atoms with Crippen molar-refractivity contribution in [2.45, 2.75) is 12.8 Å². The molecule has 0 heterocycles. The number of phenols is 1. The number of rotatable bonds is 1. The highest BCUT2D eigenvalue weighted by Gasteiger charge is 2.06. The molecule has 1 aliphatic rings. The van der Waals surface area contributed by atoms with Gasteiger partial charge in [-0.3, -0.25) is 0 Å². The molecule has 0 spiro atoms. The zero-order valence-electron chi connectivity index (χ0n) is 7.77. The summed E-state index contributed by atoms with van der Waals surface area (Å²) in [5, 5.41) is 18.3. The molecule has 72 valence electrons. The van der Waals surface area contributed by atoms with Crippen molar-refractivity contribution < 1.29 is 10.2 Å². The van der Waals surface area contributed by atoms with E-state index in [9.17, 15) is 5.11 Å². The topological polar surface area (TPSA) is 40.5 Å². The van der Waals surface area contributed by atoms with Crippen molar-refractivity contribution >= 4 is 5.57 Å². The Morgan fingerprint density at radius 3 is 2.14 bits per heavy atom. The summed E-state index contributed by atoms with van der Waals surface area (Å²) < 4.78 is 0. The molecule has 0 unspecified atom stereocenters. The van der Waals surface area contributed by atoms with Gasteiger partial charge in [0.2, 0.25) is 0 Å². The molecule has 2 heteroatoms. The van der Waals surface area contributed by atoms with Crippen LogP contribution in [0.15, 0.2) is 42.2 Å². The highest BCUT2D eigenvalue weighted by Crippen LogP contribution is 2.26. The third-order valence-corrected chi connectivity index (χ3v) is 2.37. The third-order valence-electron chi connectivity index (χ3n) is 2.37. The van der Waals surface area contributed by atoms with Crippen LogP contribution in [0.4, 0.5) is 0 Å². The molecule has 0 aliphatic heterocycles. The van der Waals surface area contributed by atoms with Crippen LogP contribution in [0.25, 0.3) is 5.57 Å². The molecule has 1 aromatic rings. The van der Waals surface area contributed by atoms with Gasteiger partial charge in [0.1, 0.15) is 5.75 Å². The molecular weight excluding hydrogens is 176 g/mol. The molecule has 0 fully saturated rings. The highest BCUT2D eigenvalue weighted by molar-refractivity contribution is 5.68. The zero-order valence-corrected chi connectivity index (χ0v) is 7.77. The first-order valence-corrected chi connectivity index (χ1v) is 4.64. The van der Waals surface area contributed by atoms with Gasteiger partial charge in [-0.2, -0.15) is 0 Å². The smallest absolute Gasteiger partial charge is 0.115 e. The first-order chi connectivity index (χ1) is 6.75. The maximum atomic E-state index is 9.19. The molecule has 0 atom stereocenters. The fourth-order valence-electron chi connectivity index (χ4n) is 1.54. The molecular formula is C12H12O2. The van der Waals surface area contributed by atoms with Crippen LogP contribution in [-0.4, -0.2) is 10.2 Å². The van der Waals surface area contributed by atoms with Crippen LogP contribution in [0.1, 0.15) is 18.4 Å². The number of aromatic hydroxyl groups is 1. The van der Waals surface area contributed by atoms with Crippen LogP contribution in [0.2, 0.25) is 0 Å². The Kier molecular flexibility index (Phi) is 2.27. The molecule has 0 amide bonds. The van der Waals surface area contributed by atoms with E-state index in [-0.39, 0.29) is 5.75 Å². The molecule has 0 saturated carbocycles. The summed E-state index contributed by atoms with van der Waals surface area (Å²) in [7, 11) is 0. The number of aliphatic hydroxyl groups is 1. The number of benzene rings is 1. The molecule has 0 radical (unpaired) electrons. The first-order valence-electron chi connectivity index (χ1n) is 4.64. The largest absolute Gasteiger partial charge is 0.512 e. The molecule has 0 saturated heterocycles. The third kappa shape index (κ3) is 1.79. The van der Waals surface area contributed by atoms with E-state index < -0.39 is 0 Å². The number of allylic oxidation sites excluding steroid dienone is 4. The lowest BCUT2D eigenvalue weighted by Crippen LogP contribution is -1.92. The van der Waals surface area contributed by atoms with E-state index in [1.807, 2.05) is 18.2 Å². The van der Waals surface area contributed by atoms with Gasteiger partial charge in [-0.15, -0.1) is 0 Å². The number of aliphatic hydroxyl groups excluding tert-OH is 1. The van der Waals surface area contributed by atoms with Crippen LogP contribution in [0.5, 0.6) is 5.75 Å². The van der Waals surface area contributed by atoms with Gasteiger partial charge in [0.25, 0.3) is 0 Å². The van der Waals surface area contributed by atoms with Gasteiger partial charge in [0.05, 0.1) is 5.76 Å². The van der Waals surface area contributed by atoms with Gasteiger partial charge in [0.15, 0.2) is 0 Å². The van der Waals surface area contributed by atoms with Crippen molar-refractivity contribution in [1.29, 1.82) is 0 Å². The Morgan fingerprint density at radius 1 is 0.857 bits per heavy atom. The average molecular weight is 188 g/mol. The van der Waals surface area contributed by atoms with Gasteiger partial charge in [-0.25, -0.2) is 0 Å². The number of hydrogen-bond acceptors (Lipinski definition) is 2. The molecule has 0 aromatic heterocycles. The minimum Gasteiger partial charge on any atom is -0.512 e. The standard InChI is InChI=1S/C12H12O2/c13-11-5-1-9(2-6-11)10-3-7-12(14)8-4-10/h1-3,5-7,13-14H,4,8H2. The van der Waals surface area contributed by atoms with E-state index in [1.54, 1.807) is 18.2 Å². The molecule has 0 bridgehead atoms. The molecule has 14 heavy (non-hydrogen) atoms. The summed E-state index contributed by atoms with van der Waals surface area (Å²) in [6.07, 6.45) is 5.21. The maximum absolute atomic E-state index is 9.19. The molecule has 1 aromatic carbocycles. The van der Waals surface area contributed by atoms with Crippen molar-refractivity contribution in [2.75, 3.05) is 0 Å². The predicted octanol–water partition coefficient (Wildman–Crippen LogP) is 3.01.